The summed E-state index contributed by atoms with van der Waals surface area (Å²) in [6, 6.07) is 11.6. The predicted octanol–water partition coefficient (Wildman–Crippen LogP) is 3.78. The number of aliphatic hydroxyl groups is 1. The summed E-state index contributed by atoms with van der Waals surface area (Å²) >= 11 is 6.21. The number of nitrogens with one attached hydrogen (secondary N) is 2. The summed E-state index contributed by atoms with van der Waals surface area (Å²) in [5, 5.41) is 33.1. The van der Waals surface area contributed by atoms with Gasteiger partial charge in [0.05, 0.1) is 17.4 Å². The molecule has 0 radical (unpaired) electrons. The van der Waals surface area contributed by atoms with E-state index in [1.54, 1.807) is 59.6 Å². The van der Waals surface area contributed by atoms with E-state index in [0.29, 0.717) is 40.0 Å². The standard InChI is InChI=1S/C26H25ClN8O4/c27-19-6-9-22(35-15-29-32-33-35)17(12-19)5-10-23(37)34-11-1-2-18(14-36)24(34)25-28-13-21(31-25)16-3-7-20(8-4-16)30-26(38)39/h3-10,12-13,15,18,24,30,36H,1-2,11,14H2,(H,28,31)(H,38,39)/t18-,24-/m0/s1. The van der Waals surface area contributed by atoms with Gasteiger partial charge in [0.1, 0.15) is 12.2 Å². The van der Waals surface area contributed by atoms with Crippen LogP contribution in [0.5, 0.6) is 0 Å². The van der Waals surface area contributed by atoms with Crippen LogP contribution in [-0.2, 0) is 4.79 Å². The molecule has 0 bridgehead atoms. The van der Waals surface area contributed by atoms with E-state index in [-0.39, 0.29) is 18.4 Å². The van der Waals surface area contributed by atoms with Crippen LogP contribution in [0.3, 0.4) is 0 Å². The monoisotopic (exact) mass is 548 g/mol. The van der Waals surface area contributed by atoms with Gasteiger partial charge in [-0.25, -0.2) is 9.78 Å². The average molecular weight is 549 g/mol. The maximum absolute atomic E-state index is 13.5. The summed E-state index contributed by atoms with van der Waals surface area (Å²) in [6.45, 7) is 0.410. The number of H-pyrrole nitrogens is 1. The van der Waals surface area contributed by atoms with Gasteiger partial charge in [-0.3, -0.25) is 10.1 Å². The first-order valence-corrected chi connectivity index (χ1v) is 12.6. The predicted molar refractivity (Wildman–Crippen MR) is 143 cm³/mol. The summed E-state index contributed by atoms with van der Waals surface area (Å²) in [7, 11) is 0. The minimum absolute atomic E-state index is 0.0957. The number of carboxylic acid groups (broad SMARTS) is 1. The molecule has 2 atom stereocenters. The number of carbonyl (C=O) groups excluding carboxylic acids is 1. The van der Waals surface area contributed by atoms with E-state index in [4.69, 9.17) is 21.7 Å². The van der Waals surface area contributed by atoms with Crippen LogP contribution < -0.4 is 5.32 Å². The van der Waals surface area contributed by atoms with Gasteiger partial charge in [0, 0.05) is 53.2 Å². The Morgan fingerprint density at radius 1 is 1.21 bits per heavy atom. The zero-order chi connectivity index (χ0) is 27.4. The molecule has 12 nitrogen and oxygen atoms in total. The molecule has 39 heavy (non-hydrogen) atoms. The number of piperidine rings is 1. The van der Waals surface area contributed by atoms with Gasteiger partial charge in [-0.05, 0) is 59.7 Å². The van der Waals surface area contributed by atoms with Crippen LogP contribution in [0.2, 0.25) is 5.02 Å². The Balaban J connectivity index is 1.40. The van der Waals surface area contributed by atoms with E-state index >= 15 is 0 Å². The fourth-order valence-electron chi connectivity index (χ4n) is 4.76. The number of imidazole rings is 1. The van der Waals surface area contributed by atoms with Crippen LogP contribution in [0.1, 0.15) is 30.3 Å². The van der Waals surface area contributed by atoms with Gasteiger partial charge in [0.25, 0.3) is 0 Å². The second-order valence-corrected chi connectivity index (χ2v) is 9.47. The number of aliphatic hydroxyl groups excluding tert-OH is 1. The summed E-state index contributed by atoms with van der Waals surface area (Å²) < 4.78 is 1.49. The number of hydrogen-bond donors (Lipinski definition) is 4. The Morgan fingerprint density at radius 2 is 2.03 bits per heavy atom. The molecule has 0 unspecified atom stereocenters. The van der Waals surface area contributed by atoms with Gasteiger partial charge >= 0.3 is 6.09 Å². The molecule has 5 rings (SSSR count). The normalized spacial score (nSPS) is 17.4. The fraction of sp³-hybridized carbons (Fsp3) is 0.231. The molecule has 2 amide bonds. The highest BCUT2D eigenvalue weighted by atomic mass is 35.5. The van der Waals surface area contributed by atoms with Crippen LogP contribution in [0.15, 0.2) is 61.1 Å². The molecule has 1 aliphatic heterocycles. The Labute approximate surface area is 227 Å². The smallest absolute Gasteiger partial charge is 0.409 e. The van der Waals surface area contributed by atoms with E-state index in [1.165, 1.54) is 17.1 Å². The first-order chi connectivity index (χ1) is 18.9. The first kappa shape index (κ1) is 26.1. The zero-order valence-electron chi connectivity index (χ0n) is 20.6. The van der Waals surface area contributed by atoms with Crippen molar-refractivity contribution in [2.24, 2.45) is 5.92 Å². The molecule has 0 spiro atoms. The number of hydrogen-bond acceptors (Lipinski definition) is 7. The lowest BCUT2D eigenvalue weighted by Gasteiger charge is -2.39. The minimum Gasteiger partial charge on any atom is -0.465 e. The van der Waals surface area contributed by atoms with Crippen molar-refractivity contribution in [3.63, 3.8) is 0 Å². The lowest BCUT2D eigenvalue weighted by Crippen LogP contribution is -2.43. The number of carbonyl (C=O) groups is 2. The van der Waals surface area contributed by atoms with Crippen molar-refractivity contribution >= 4 is 35.4 Å². The molecule has 0 aliphatic carbocycles. The molecule has 13 heteroatoms. The van der Waals surface area contributed by atoms with Crippen molar-refractivity contribution in [3.05, 3.63) is 77.5 Å². The molecule has 0 saturated carbocycles. The van der Waals surface area contributed by atoms with Gasteiger partial charge in [0.2, 0.25) is 5.91 Å². The highest BCUT2D eigenvalue weighted by Gasteiger charge is 2.36. The van der Waals surface area contributed by atoms with Crippen molar-refractivity contribution in [2.75, 3.05) is 18.5 Å². The minimum atomic E-state index is -1.14. The lowest BCUT2D eigenvalue weighted by atomic mass is 9.89. The van der Waals surface area contributed by atoms with Crippen LogP contribution in [0.4, 0.5) is 10.5 Å². The summed E-state index contributed by atoms with van der Waals surface area (Å²) in [5.74, 6) is 0.137. The maximum atomic E-state index is 13.5. The topological polar surface area (TPSA) is 162 Å². The number of rotatable bonds is 7. The quantitative estimate of drug-likeness (QED) is 0.253. The highest BCUT2D eigenvalue weighted by Crippen LogP contribution is 2.36. The Bertz CT molecular complexity index is 1490. The SMILES string of the molecule is O=C(O)Nc1ccc(-c2c[nH]c([C@@H]3[C@H](CO)CCCN3C(=O)C=Cc3cc(Cl)ccc3-n3cnnn3)n2)cc1. The highest BCUT2D eigenvalue weighted by molar-refractivity contribution is 6.30. The molecule has 2 aromatic heterocycles. The number of aromatic nitrogens is 6. The van der Waals surface area contributed by atoms with Crippen molar-refractivity contribution < 1.29 is 19.8 Å². The van der Waals surface area contributed by atoms with Gasteiger partial charge < -0.3 is 20.1 Å². The van der Waals surface area contributed by atoms with Crippen molar-refractivity contribution in [1.29, 1.82) is 0 Å². The van der Waals surface area contributed by atoms with E-state index in [2.05, 4.69) is 25.8 Å². The van der Waals surface area contributed by atoms with Crippen molar-refractivity contribution in [2.45, 2.75) is 18.9 Å². The molecule has 2 aromatic carbocycles. The molecule has 4 N–H and O–H groups in total. The number of halogens is 1. The van der Waals surface area contributed by atoms with Gasteiger partial charge in [-0.1, -0.05) is 23.7 Å². The molecule has 4 aromatic rings. The van der Waals surface area contributed by atoms with Crippen LogP contribution >= 0.6 is 11.6 Å². The van der Waals surface area contributed by atoms with E-state index in [0.717, 1.165) is 18.4 Å². The number of amides is 2. The third-order valence-corrected chi connectivity index (χ3v) is 6.81. The molecule has 1 saturated heterocycles. The number of tetrazole rings is 1. The molecule has 1 aliphatic rings. The maximum Gasteiger partial charge on any atom is 0.409 e. The first-order valence-electron chi connectivity index (χ1n) is 12.2. The molecular weight excluding hydrogens is 524 g/mol. The molecule has 1 fully saturated rings. The van der Waals surface area contributed by atoms with Crippen LogP contribution in [-0.4, -0.2) is 70.4 Å². The van der Waals surface area contributed by atoms with E-state index in [9.17, 15) is 14.7 Å². The fourth-order valence-corrected chi connectivity index (χ4v) is 4.94. The third-order valence-electron chi connectivity index (χ3n) is 6.57. The number of anilines is 1. The van der Waals surface area contributed by atoms with E-state index < -0.39 is 12.1 Å². The largest absolute Gasteiger partial charge is 0.465 e. The second kappa shape index (κ2) is 11.5. The van der Waals surface area contributed by atoms with Crippen molar-refractivity contribution in [1.82, 2.24) is 35.1 Å². The van der Waals surface area contributed by atoms with Gasteiger partial charge in [-0.2, -0.15) is 4.68 Å². The Kier molecular flexibility index (Phi) is 7.66. The number of nitrogens with zero attached hydrogens (tertiary/aromatic N) is 6. The summed E-state index contributed by atoms with van der Waals surface area (Å²) in [6.07, 6.45) is 6.70. The Morgan fingerprint density at radius 3 is 2.74 bits per heavy atom. The van der Waals surface area contributed by atoms with E-state index in [1.807, 2.05) is 0 Å². The Hall–Kier alpha value is -4.55. The number of aromatic amines is 1. The second-order valence-electron chi connectivity index (χ2n) is 9.03. The van der Waals surface area contributed by atoms with Crippen LogP contribution in [0.25, 0.3) is 23.0 Å². The average Bonchev–Trinajstić information content (AvgIpc) is 3.64. The third kappa shape index (κ3) is 5.81. The summed E-state index contributed by atoms with van der Waals surface area (Å²) in [4.78, 5) is 34.0. The van der Waals surface area contributed by atoms with Crippen molar-refractivity contribution in [3.8, 4) is 16.9 Å². The van der Waals surface area contributed by atoms with Gasteiger partial charge in [0.15, 0.2) is 0 Å². The zero-order valence-corrected chi connectivity index (χ0v) is 21.4. The summed E-state index contributed by atoms with van der Waals surface area (Å²) in [5.41, 5.74) is 3.19. The lowest BCUT2D eigenvalue weighted by molar-refractivity contribution is -0.132. The van der Waals surface area contributed by atoms with Crippen LogP contribution in [0, 0.1) is 5.92 Å². The number of benzene rings is 2. The number of likely N-dealkylation sites (tertiary alicyclic amines) is 1. The molecule has 200 valence electrons. The van der Waals surface area contributed by atoms with Gasteiger partial charge in [-0.15, -0.1) is 5.10 Å². The molecular formula is C26H25ClN8O4. The molecule has 3 heterocycles.